The number of benzene rings is 1. The molecule has 28 heavy (non-hydrogen) atoms. The van der Waals surface area contributed by atoms with E-state index in [4.69, 9.17) is 0 Å². The van der Waals surface area contributed by atoms with E-state index in [-0.39, 0.29) is 11.5 Å². The second kappa shape index (κ2) is 7.80. The topological polar surface area (TPSA) is 73.0 Å². The molecule has 1 aromatic carbocycles. The van der Waals surface area contributed by atoms with Crippen LogP contribution in [0.15, 0.2) is 59.7 Å². The number of carbonyl (C=O) groups excluding carboxylic acids is 1. The van der Waals surface area contributed by atoms with Crippen LogP contribution < -0.4 is 5.56 Å². The molecule has 1 aliphatic rings. The van der Waals surface area contributed by atoms with Crippen molar-refractivity contribution >= 4 is 5.91 Å². The zero-order valence-electron chi connectivity index (χ0n) is 15.9. The summed E-state index contributed by atoms with van der Waals surface area (Å²) in [4.78, 5) is 26.9. The van der Waals surface area contributed by atoms with Gasteiger partial charge in [-0.1, -0.05) is 30.3 Å². The first-order valence-corrected chi connectivity index (χ1v) is 9.47. The zero-order valence-corrected chi connectivity index (χ0v) is 15.9. The summed E-state index contributed by atoms with van der Waals surface area (Å²) in [6.07, 6.45) is 5.78. The molecule has 144 valence electrons. The van der Waals surface area contributed by atoms with Crippen molar-refractivity contribution in [2.45, 2.75) is 19.4 Å². The third kappa shape index (κ3) is 4.03. The highest BCUT2D eigenvalue weighted by Crippen LogP contribution is 2.21. The van der Waals surface area contributed by atoms with Gasteiger partial charge in [0.15, 0.2) is 0 Å². The quantitative estimate of drug-likeness (QED) is 0.679. The number of nitrogens with zero attached hydrogens (tertiary/aromatic N) is 5. The molecular weight excluding hydrogens is 354 g/mol. The van der Waals surface area contributed by atoms with Gasteiger partial charge in [0.1, 0.15) is 5.69 Å². The fraction of sp³-hybridized carbons (Fsp3) is 0.333. The molecule has 0 spiro atoms. The Labute approximate surface area is 163 Å². The monoisotopic (exact) mass is 377 g/mol. The molecule has 1 saturated heterocycles. The number of aromatic nitrogens is 4. The van der Waals surface area contributed by atoms with E-state index in [2.05, 4.69) is 10.2 Å². The molecule has 0 bridgehead atoms. The standard InChI is InChI=1S/C21H23N5O2/c1-24-13-18(12-22-24)11-17-9-10-25(14-17)21(28)19-7-8-20(27)26(23-19)15-16-5-3-2-4-6-16/h2-8,12-13,17H,9-11,14-15H2,1H3. The molecule has 1 amide bonds. The molecular formula is C21H23N5O2. The summed E-state index contributed by atoms with van der Waals surface area (Å²) in [5.74, 6) is 0.305. The number of rotatable bonds is 5. The molecule has 0 radical (unpaired) electrons. The van der Waals surface area contributed by atoms with Gasteiger partial charge in [0.25, 0.3) is 11.5 Å². The molecule has 1 fully saturated rings. The number of carbonyl (C=O) groups is 1. The summed E-state index contributed by atoms with van der Waals surface area (Å²) >= 11 is 0. The Kier molecular flexibility index (Phi) is 5.06. The Morgan fingerprint density at radius 1 is 1.14 bits per heavy atom. The summed E-state index contributed by atoms with van der Waals surface area (Å²) in [6, 6.07) is 12.6. The van der Waals surface area contributed by atoms with Crippen molar-refractivity contribution in [3.05, 3.63) is 82.0 Å². The summed E-state index contributed by atoms with van der Waals surface area (Å²) in [5, 5.41) is 8.53. The maximum absolute atomic E-state index is 12.9. The van der Waals surface area contributed by atoms with E-state index in [1.54, 1.807) is 4.68 Å². The van der Waals surface area contributed by atoms with Crippen molar-refractivity contribution < 1.29 is 4.79 Å². The fourth-order valence-electron chi connectivity index (χ4n) is 3.69. The summed E-state index contributed by atoms with van der Waals surface area (Å²) in [6.45, 7) is 1.76. The minimum absolute atomic E-state index is 0.115. The van der Waals surface area contributed by atoms with Crippen LogP contribution in [0.3, 0.4) is 0 Å². The van der Waals surface area contributed by atoms with Crippen LogP contribution in [0.2, 0.25) is 0 Å². The highest BCUT2D eigenvalue weighted by molar-refractivity contribution is 5.92. The average Bonchev–Trinajstić information content (AvgIpc) is 3.33. The lowest BCUT2D eigenvalue weighted by molar-refractivity contribution is 0.0778. The summed E-state index contributed by atoms with van der Waals surface area (Å²) in [7, 11) is 1.91. The summed E-state index contributed by atoms with van der Waals surface area (Å²) < 4.78 is 3.15. The molecule has 1 aliphatic heterocycles. The Morgan fingerprint density at radius 3 is 2.71 bits per heavy atom. The van der Waals surface area contributed by atoms with Crippen molar-refractivity contribution in [3.63, 3.8) is 0 Å². The molecule has 0 saturated carbocycles. The number of hydrogen-bond acceptors (Lipinski definition) is 4. The smallest absolute Gasteiger partial charge is 0.274 e. The van der Waals surface area contributed by atoms with Crippen LogP contribution in [0.1, 0.15) is 28.0 Å². The SMILES string of the molecule is Cn1cc(CC2CCN(C(=O)c3ccc(=O)n(Cc4ccccc4)n3)C2)cn1. The second-order valence-corrected chi connectivity index (χ2v) is 7.33. The first-order valence-electron chi connectivity index (χ1n) is 9.47. The van der Waals surface area contributed by atoms with Crippen LogP contribution in [0, 0.1) is 5.92 Å². The van der Waals surface area contributed by atoms with Crippen molar-refractivity contribution in [3.8, 4) is 0 Å². The van der Waals surface area contributed by atoms with Gasteiger partial charge in [-0.15, -0.1) is 0 Å². The minimum Gasteiger partial charge on any atom is -0.337 e. The van der Waals surface area contributed by atoms with Crippen molar-refractivity contribution in [2.24, 2.45) is 13.0 Å². The summed E-state index contributed by atoms with van der Waals surface area (Å²) in [5.41, 5.74) is 2.27. The lowest BCUT2D eigenvalue weighted by Crippen LogP contribution is -2.32. The van der Waals surface area contributed by atoms with E-state index >= 15 is 0 Å². The highest BCUT2D eigenvalue weighted by atomic mass is 16.2. The molecule has 7 nitrogen and oxygen atoms in total. The molecule has 1 unspecified atom stereocenters. The third-order valence-corrected chi connectivity index (χ3v) is 5.12. The average molecular weight is 377 g/mol. The fourth-order valence-corrected chi connectivity index (χ4v) is 3.69. The normalized spacial score (nSPS) is 16.5. The Bertz CT molecular complexity index is 1020. The first kappa shape index (κ1) is 18.2. The van der Waals surface area contributed by atoms with Gasteiger partial charge in [0, 0.05) is 32.4 Å². The minimum atomic E-state index is -0.212. The maximum atomic E-state index is 12.9. The zero-order chi connectivity index (χ0) is 19.5. The molecule has 4 rings (SSSR count). The van der Waals surface area contributed by atoms with E-state index < -0.39 is 0 Å². The van der Waals surface area contributed by atoms with E-state index in [0.717, 1.165) is 18.4 Å². The Morgan fingerprint density at radius 2 is 1.96 bits per heavy atom. The van der Waals surface area contributed by atoms with Gasteiger partial charge in [-0.05, 0) is 36.0 Å². The van der Waals surface area contributed by atoms with Crippen LogP contribution in [-0.4, -0.2) is 43.5 Å². The van der Waals surface area contributed by atoms with Crippen molar-refractivity contribution in [1.29, 1.82) is 0 Å². The number of amides is 1. The van der Waals surface area contributed by atoms with Gasteiger partial charge in [0.05, 0.1) is 12.7 Å². The molecule has 0 aliphatic carbocycles. The van der Waals surface area contributed by atoms with Crippen LogP contribution in [0.5, 0.6) is 0 Å². The highest BCUT2D eigenvalue weighted by Gasteiger charge is 2.28. The van der Waals surface area contributed by atoms with E-state index in [9.17, 15) is 9.59 Å². The third-order valence-electron chi connectivity index (χ3n) is 5.12. The van der Waals surface area contributed by atoms with Gasteiger partial charge in [-0.3, -0.25) is 14.3 Å². The van der Waals surface area contributed by atoms with Crippen molar-refractivity contribution in [2.75, 3.05) is 13.1 Å². The predicted molar refractivity (Wildman–Crippen MR) is 105 cm³/mol. The van der Waals surface area contributed by atoms with Crippen LogP contribution >= 0.6 is 0 Å². The maximum Gasteiger partial charge on any atom is 0.274 e. The molecule has 7 heteroatoms. The van der Waals surface area contributed by atoms with E-state index in [1.165, 1.54) is 22.4 Å². The van der Waals surface area contributed by atoms with Gasteiger partial charge in [-0.2, -0.15) is 10.2 Å². The largest absolute Gasteiger partial charge is 0.337 e. The van der Waals surface area contributed by atoms with Crippen LogP contribution in [0.4, 0.5) is 0 Å². The first-order chi connectivity index (χ1) is 13.6. The van der Waals surface area contributed by atoms with E-state index in [1.807, 2.05) is 54.7 Å². The second-order valence-electron chi connectivity index (χ2n) is 7.33. The molecule has 2 aromatic heterocycles. The van der Waals surface area contributed by atoms with Crippen molar-refractivity contribution in [1.82, 2.24) is 24.5 Å². The molecule has 3 aromatic rings. The van der Waals surface area contributed by atoms with Crippen LogP contribution in [-0.2, 0) is 20.0 Å². The van der Waals surface area contributed by atoms with Gasteiger partial charge in [-0.25, -0.2) is 4.68 Å². The molecule has 3 heterocycles. The van der Waals surface area contributed by atoms with Gasteiger partial charge >= 0.3 is 0 Å². The van der Waals surface area contributed by atoms with Crippen LogP contribution in [0.25, 0.3) is 0 Å². The molecule has 0 N–H and O–H groups in total. The molecule has 1 atom stereocenters. The Hall–Kier alpha value is -3.22. The van der Waals surface area contributed by atoms with Gasteiger partial charge in [0.2, 0.25) is 0 Å². The number of aryl methyl sites for hydroxylation is 1. The lowest BCUT2D eigenvalue weighted by atomic mass is 10.0. The Balaban J connectivity index is 1.44. The van der Waals surface area contributed by atoms with E-state index in [0.29, 0.717) is 31.2 Å². The number of likely N-dealkylation sites (tertiary alicyclic amines) is 1. The predicted octanol–water partition coefficient (Wildman–Crippen LogP) is 1.73. The number of hydrogen-bond donors (Lipinski definition) is 0. The lowest BCUT2D eigenvalue weighted by Gasteiger charge is -2.16. The van der Waals surface area contributed by atoms with Gasteiger partial charge < -0.3 is 4.90 Å².